The van der Waals surface area contributed by atoms with E-state index in [2.05, 4.69) is 0 Å². The lowest BCUT2D eigenvalue weighted by atomic mass is 10.1. The molecule has 0 radical (unpaired) electrons. The fourth-order valence-corrected chi connectivity index (χ4v) is 2.20. The second-order valence-electron chi connectivity index (χ2n) is 5.14. The molecule has 2 rings (SSSR count). The van der Waals surface area contributed by atoms with Gasteiger partial charge in [-0.2, -0.15) is 0 Å². The van der Waals surface area contributed by atoms with Gasteiger partial charge < -0.3 is 18.9 Å². The van der Waals surface area contributed by atoms with Gasteiger partial charge in [-0.05, 0) is 12.1 Å². The van der Waals surface area contributed by atoms with Crippen molar-refractivity contribution in [2.45, 2.75) is 38.5 Å². The van der Waals surface area contributed by atoms with Crippen molar-refractivity contribution in [2.75, 3.05) is 6.61 Å². The number of rotatable bonds is 5. The molecule has 0 amide bonds. The van der Waals surface area contributed by atoms with Crippen LogP contribution in [0, 0.1) is 0 Å². The first-order valence-electron chi connectivity index (χ1n) is 7.24. The van der Waals surface area contributed by atoms with Crippen LogP contribution in [0.5, 0.6) is 0 Å². The summed E-state index contributed by atoms with van der Waals surface area (Å²) in [5.74, 6) is -2.11. The maximum Gasteiger partial charge on any atom is 0.338 e. The van der Waals surface area contributed by atoms with E-state index in [-0.39, 0.29) is 0 Å². The number of carbonyl (C=O) groups is 3. The lowest BCUT2D eigenvalue weighted by molar-refractivity contribution is -0.195. The molecule has 0 aliphatic carbocycles. The number of alkyl halides is 1. The van der Waals surface area contributed by atoms with Crippen molar-refractivity contribution in [2.24, 2.45) is 0 Å². The summed E-state index contributed by atoms with van der Waals surface area (Å²) in [6, 6.07) is 8.16. The van der Waals surface area contributed by atoms with Crippen molar-refractivity contribution in [1.82, 2.24) is 0 Å². The van der Waals surface area contributed by atoms with E-state index in [9.17, 15) is 18.8 Å². The van der Waals surface area contributed by atoms with Gasteiger partial charge in [0.25, 0.3) is 0 Å². The van der Waals surface area contributed by atoms with Gasteiger partial charge in [0.1, 0.15) is 12.7 Å². The molecule has 0 aromatic heterocycles. The van der Waals surface area contributed by atoms with Gasteiger partial charge in [0.2, 0.25) is 6.29 Å². The molecule has 1 saturated heterocycles. The Labute approximate surface area is 137 Å². The number of esters is 3. The highest BCUT2D eigenvalue weighted by atomic mass is 19.1. The first kappa shape index (κ1) is 17.9. The van der Waals surface area contributed by atoms with Gasteiger partial charge in [0.05, 0.1) is 5.56 Å². The molecular weight excluding hydrogens is 323 g/mol. The molecule has 0 saturated carbocycles. The first-order valence-corrected chi connectivity index (χ1v) is 7.24. The summed E-state index contributed by atoms with van der Waals surface area (Å²) in [4.78, 5) is 34.0. The summed E-state index contributed by atoms with van der Waals surface area (Å²) in [6.07, 6.45) is -5.82. The number of ether oxygens (including phenoxy) is 4. The SMILES string of the molecule is CC(=O)OC1O[C@H](COC(=O)c2ccccc2)[C@H](F)[C@H]1OC(C)=O. The van der Waals surface area contributed by atoms with E-state index >= 15 is 0 Å². The summed E-state index contributed by atoms with van der Waals surface area (Å²) < 4.78 is 34.2. The minimum absolute atomic E-state index is 0.305. The van der Waals surface area contributed by atoms with Gasteiger partial charge in [0.15, 0.2) is 12.3 Å². The second-order valence-corrected chi connectivity index (χ2v) is 5.14. The van der Waals surface area contributed by atoms with Crippen LogP contribution in [0.3, 0.4) is 0 Å². The minimum Gasteiger partial charge on any atom is -0.459 e. The summed E-state index contributed by atoms with van der Waals surface area (Å²) in [5, 5.41) is 0. The second kappa shape index (κ2) is 7.87. The average Bonchev–Trinajstić information content (AvgIpc) is 2.81. The Bertz CT molecular complexity index is 604. The quantitative estimate of drug-likeness (QED) is 0.591. The molecule has 24 heavy (non-hydrogen) atoms. The molecular formula is C16H17FO7. The molecule has 1 aliphatic heterocycles. The average molecular weight is 340 g/mol. The number of hydrogen-bond acceptors (Lipinski definition) is 7. The predicted molar refractivity (Wildman–Crippen MR) is 77.6 cm³/mol. The van der Waals surface area contributed by atoms with Crippen LogP contribution < -0.4 is 0 Å². The zero-order chi connectivity index (χ0) is 17.7. The fourth-order valence-electron chi connectivity index (χ4n) is 2.20. The van der Waals surface area contributed by atoms with Crippen molar-refractivity contribution >= 4 is 17.9 Å². The van der Waals surface area contributed by atoms with Crippen LogP contribution in [0.1, 0.15) is 24.2 Å². The van der Waals surface area contributed by atoms with E-state index in [0.717, 1.165) is 13.8 Å². The Morgan fingerprint density at radius 2 is 1.71 bits per heavy atom. The highest BCUT2D eigenvalue weighted by Crippen LogP contribution is 2.28. The van der Waals surface area contributed by atoms with E-state index in [1.807, 2.05) is 0 Å². The molecule has 0 bridgehead atoms. The number of benzene rings is 1. The minimum atomic E-state index is -1.80. The van der Waals surface area contributed by atoms with Crippen LogP contribution in [-0.4, -0.2) is 49.2 Å². The first-order chi connectivity index (χ1) is 11.4. The Morgan fingerprint density at radius 1 is 1.08 bits per heavy atom. The number of carbonyl (C=O) groups excluding carboxylic acids is 3. The topological polar surface area (TPSA) is 88.1 Å². The van der Waals surface area contributed by atoms with E-state index in [4.69, 9.17) is 18.9 Å². The highest BCUT2D eigenvalue weighted by Gasteiger charge is 2.49. The zero-order valence-corrected chi connectivity index (χ0v) is 13.1. The third-order valence-electron chi connectivity index (χ3n) is 3.22. The monoisotopic (exact) mass is 340 g/mol. The molecule has 130 valence electrons. The summed E-state index contributed by atoms with van der Waals surface area (Å²) in [5.41, 5.74) is 0.305. The number of halogens is 1. The molecule has 1 unspecified atom stereocenters. The van der Waals surface area contributed by atoms with E-state index < -0.39 is 49.2 Å². The smallest absolute Gasteiger partial charge is 0.338 e. The Balaban J connectivity index is 1.98. The van der Waals surface area contributed by atoms with Crippen LogP contribution in [0.2, 0.25) is 0 Å². The van der Waals surface area contributed by atoms with Crippen molar-refractivity contribution in [3.8, 4) is 0 Å². The maximum absolute atomic E-state index is 14.4. The molecule has 0 spiro atoms. The maximum atomic E-state index is 14.4. The van der Waals surface area contributed by atoms with Gasteiger partial charge in [-0.15, -0.1) is 0 Å². The third-order valence-corrected chi connectivity index (χ3v) is 3.22. The van der Waals surface area contributed by atoms with Crippen LogP contribution in [0.4, 0.5) is 4.39 Å². The van der Waals surface area contributed by atoms with Gasteiger partial charge in [0, 0.05) is 13.8 Å². The van der Waals surface area contributed by atoms with Crippen LogP contribution in [-0.2, 0) is 28.5 Å². The molecule has 0 N–H and O–H groups in total. The van der Waals surface area contributed by atoms with Crippen molar-refractivity contribution in [1.29, 1.82) is 0 Å². The normalized spacial score (nSPS) is 25.8. The van der Waals surface area contributed by atoms with Crippen molar-refractivity contribution in [3.63, 3.8) is 0 Å². The summed E-state index contributed by atoms with van der Waals surface area (Å²) >= 11 is 0. The molecule has 1 heterocycles. The van der Waals surface area contributed by atoms with Crippen LogP contribution in [0.25, 0.3) is 0 Å². The lowest BCUT2D eigenvalue weighted by Crippen LogP contribution is -2.36. The Kier molecular flexibility index (Phi) is 5.86. The molecule has 1 aliphatic rings. The van der Waals surface area contributed by atoms with E-state index in [1.54, 1.807) is 30.3 Å². The predicted octanol–water partition coefficient (Wildman–Crippen LogP) is 1.40. The largest absolute Gasteiger partial charge is 0.459 e. The zero-order valence-electron chi connectivity index (χ0n) is 13.1. The van der Waals surface area contributed by atoms with Gasteiger partial charge >= 0.3 is 17.9 Å². The van der Waals surface area contributed by atoms with Crippen LogP contribution >= 0.6 is 0 Å². The van der Waals surface area contributed by atoms with E-state index in [1.165, 1.54) is 0 Å². The van der Waals surface area contributed by atoms with Gasteiger partial charge in [-0.1, -0.05) is 18.2 Å². The van der Waals surface area contributed by atoms with E-state index in [0.29, 0.717) is 5.56 Å². The Hall–Kier alpha value is -2.48. The third kappa shape index (κ3) is 4.51. The molecule has 4 atom stereocenters. The van der Waals surface area contributed by atoms with Gasteiger partial charge in [-0.25, -0.2) is 9.18 Å². The Morgan fingerprint density at radius 3 is 2.29 bits per heavy atom. The highest BCUT2D eigenvalue weighted by molar-refractivity contribution is 5.89. The lowest BCUT2D eigenvalue weighted by Gasteiger charge is -2.18. The molecule has 7 nitrogen and oxygen atoms in total. The molecule has 8 heteroatoms. The van der Waals surface area contributed by atoms with Crippen molar-refractivity contribution < 1.29 is 37.7 Å². The summed E-state index contributed by atoms with van der Waals surface area (Å²) in [7, 11) is 0. The summed E-state index contributed by atoms with van der Waals surface area (Å²) in [6.45, 7) is 1.80. The fraction of sp³-hybridized carbons (Fsp3) is 0.438. The molecule has 1 fully saturated rings. The van der Waals surface area contributed by atoms with Gasteiger partial charge in [-0.3, -0.25) is 9.59 Å². The number of hydrogen-bond donors (Lipinski definition) is 0. The molecule has 1 aromatic rings. The van der Waals surface area contributed by atoms with Crippen LogP contribution in [0.15, 0.2) is 30.3 Å². The van der Waals surface area contributed by atoms with Crippen molar-refractivity contribution in [3.05, 3.63) is 35.9 Å². The molecule has 1 aromatic carbocycles. The standard InChI is InChI=1S/C16H17FO7/c1-9(18)22-14-13(17)12(24-16(14)23-10(2)19)8-21-15(20)11-6-4-3-5-7-11/h3-7,12-14,16H,8H2,1-2H3/t12-,13+,14-,16?/m1/s1.